The van der Waals surface area contributed by atoms with Gasteiger partial charge in [-0.2, -0.15) is 4.31 Å². The highest BCUT2D eigenvalue weighted by Crippen LogP contribution is 2.33. The molecule has 0 radical (unpaired) electrons. The molecule has 0 aliphatic carbocycles. The van der Waals surface area contributed by atoms with Gasteiger partial charge in [0, 0.05) is 24.0 Å². The Kier molecular flexibility index (Phi) is 8.13. The number of carbonyl (C=O) groups excluding carboxylic acids is 1. The maximum Gasteiger partial charge on any atom is 0.289 e. The Morgan fingerprint density at radius 2 is 1.95 bits per heavy atom. The average Bonchev–Trinajstić information content (AvgIpc) is 3.55. The number of ether oxygens (including phenoxy) is 2. The van der Waals surface area contributed by atoms with Gasteiger partial charge in [-0.1, -0.05) is 29.8 Å². The van der Waals surface area contributed by atoms with Crippen molar-refractivity contribution in [2.45, 2.75) is 18.0 Å². The van der Waals surface area contributed by atoms with Crippen LogP contribution >= 0.6 is 22.9 Å². The zero-order valence-corrected chi connectivity index (χ0v) is 21.8. The van der Waals surface area contributed by atoms with Crippen molar-refractivity contribution in [1.29, 1.82) is 0 Å². The number of hydrogen-bond acceptors (Lipinski definition) is 8. The Balaban J connectivity index is 1.60. The molecule has 1 aromatic heterocycles. The van der Waals surface area contributed by atoms with Crippen LogP contribution in [0.3, 0.4) is 0 Å². The zero-order valence-electron chi connectivity index (χ0n) is 19.4. The van der Waals surface area contributed by atoms with E-state index in [0.717, 1.165) is 26.9 Å². The number of thiophene rings is 1. The average molecular weight is 564 g/mol. The monoisotopic (exact) mass is 563 g/mol. The van der Waals surface area contributed by atoms with Crippen LogP contribution in [0.15, 0.2) is 71.5 Å². The van der Waals surface area contributed by atoms with Crippen LogP contribution in [-0.4, -0.2) is 48.3 Å². The van der Waals surface area contributed by atoms with E-state index in [4.69, 9.17) is 21.1 Å². The number of hydrogen-bond donors (Lipinski definition) is 0. The smallest absolute Gasteiger partial charge is 0.289 e. The summed E-state index contributed by atoms with van der Waals surface area (Å²) in [6.45, 7) is 3.50. The van der Waals surface area contributed by atoms with Gasteiger partial charge < -0.3 is 14.4 Å². The van der Waals surface area contributed by atoms with Gasteiger partial charge >= 0.3 is 0 Å². The van der Waals surface area contributed by atoms with Crippen molar-refractivity contribution in [2.75, 3.05) is 19.9 Å². The Hall–Kier alpha value is -3.45. The van der Waals surface area contributed by atoms with E-state index in [9.17, 15) is 23.3 Å². The van der Waals surface area contributed by atoms with E-state index >= 15 is 0 Å². The number of halogens is 1. The highest BCUT2D eigenvalue weighted by Gasteiger charge is 2.30. The van der Waals surface area contributed by atoms with Crippen LogP contribution in [0.5, 0.6) is 11.5 Å². The number of sulfonamides is 1. The van der Waals surface area contributed by atoms with Gasteiger partial charge in [0.2, 0.25) is 22.7 Å². The minimum Gasteiger partial charge on any atom is -0.454 e. The topological polar surface area (TPSA) is 119 Å². The summed E-state index contributed by atoms with van der Waals surface area (Å²) < 4.78 is 38.5. The molecule has 3 aromatic rings. The summed E-state index contributed by atoms with van der Waals surface area (Å²) >= 11 is 7.32. The summed E-state index contributed by atoms with van der Waals surface area (Å²) in [7, 11) is -4.29. The van der Waals surface area contributed by atoms with Gasteiger partial charge in [-0.15, -0.1) is 17.9 Å². The summed E-state index contributed by atoms with van der Waals surface area (Å²) in [4.78, 5) is 26.1. The number of nitro benzene ring substituents is 1. The number of nitro groups is 1. The molecule has 0 atom stereocenters. The third-order valence-corrected chi connectivity index (χ3v) is 8.47. The molecule has 37 heavy (non-hydrogen) atoms. The lowest BCUT2D eigenvalue weighted by Gasteiger charge is -2.26. The fourth-order valence-electron chi connectivity index (χ4n) is 3.67. The standard InChI is InChI=1S/C24H22ClN3O7S2/c1-2-9-27(37(32,33)19-6-7-20(25)21(12-19)28(30)31)15-24(29)26(14-18-4-3-10-36-18)13-17-5-8-22-23(11-17)35-16-34-22/h2-8,10-12H,1,9,13-16H2. The van der Waals surface area contributed by atoms with E-state index in [-0.39, 0.29) is 36.3 Å². The summed E-state index contributed by atoms with van der Waals surface area (Å²) in [6.07, 6.45) is 1.34. The van der Waals surface area contributed by atoms with Crippen LogP contribution in [0.25, 0.3) is 0 Å². The second-order valence-corrected chi connectivity index (χ2v) is 11.4. The molecule has 0 unspecified atom stereocenters. The van der Waals surface area contributed by atoms with Crippen molar-refractivity contribution < 1.29 is 27.6 Å². The minimum atomic E-state index is -4.29. The highest BCUT2D eigenvalue weighted by atomic mass is 35.5. The molecule has 0 saturated carbocycles. The number of rotatable bonds is 11. The van der Waals surface area contributed by atoms with Crippen LogP contribution in [0, 0.1) is 10.1 Å². The molecule has 0 spiro atoms. The molecular weight excluding hydrogens is 542 g/mol. The van der Waals surface area contributed by atoms with E-state index in [1.165, 1.54) is 23.5 Å². The van der Waals surface area contributed by atoms with E-state index in [0.29, 0.717) is 11.5 Å². The molecule has 1 aliphatic heterocycles. The quantitative estimate of drug-likeness (QED) is 0.192. The maximum atomic E-state index is 13.5. The molecule has 1 amide bonds. The van der Waals surface area contributed by atoms with Crippen molar-refractivity contribution in [2.24, 2.45) is 0 Å². The molecule has 0 bridgehead atoms. The van der Waals surface area contributed by atoms with E-state index in [2.05, 4.69) is 6.58 Å². The van der Waals surface area contributed by atoms with Crippen molar-refractivity contribution >= 4 is 44.6 Å². The van der Waals surface area contributed by atoms with Crippen molar-refractivity contribution in [3.05, 3.63) is 92.1 Å². The summed E-state index contributed by atoms with van der Waals surface area (Å²) in [5.74, 6) is 0.723. The van der Waals surface area contributed by atoms with Gasteiger partial charge in [0.1, 0.15) is 5.02 Å². The van der Waals surface area contributed by atoms with Crippen molar-refractivity contribution in [1.82, 2.24) is 9.21 Å². The van der Waals surface area contributed by atoms with Crippen LogP contribution < -0.4 is 9.47 Å². The maximum absolute atomic E-state index is 13.5. The lowest BCUT2D eigenvalue weighted by atomic mass is 10.2. The second-order valence-electron chi connectivity index (χ2n) is 7.97. The molecule has 2 aromatic carbocycles. The van der Waals surface area contributed by atoms with E-state index in [1.54, 1.807) is 17.0 Å². The molecule has 1 aliphatic rings. The first-order valence-corrected chi connectivity index (χ1v) is 13.6. The van der Waals surface area contributed by atoms with E-state index < -0.39 is 33.1 Å². The van der Waals surface area contributed by atoms with Gasteiger partial charge in [0.25, 0.3) is 5.69 Å². The predicted octanol–water partition coefficient (Wildman–Crippen LogP) is 4.44. The Bertz CT molecular complexity index is 1430. The predicted molar refractivity (Wildman–Crippen MR) is 138 cm³/mol. The molecule has 194 valence electrons. The SMILES string of the molecule is C=CCN(CC(=O)N(Cc1ccc2c(c1)OCO2)Cc1cccs1)S(=O)(=O)c1ccc(Cl)c([N+](=O)[O-])c1. The van der Waals surface area contributed by atoms with Crippen LogP contribution in [0.2, 0.25) is 5.02 Å². The van der Waals surface area contributed by atoms with Gasteiger partial charge in [-0.3, -0.25) is 14.9 Å². The molecule has 0 fully saturated rings. The molecule has 4 rings (SSSR count). The van der Waals surface area contributed by atoms with Crippen LogP contribution in [0.1, 0.15) is 10.4 Å². The molecule has 10 nitrogen and oxygen atoms in total. The normalized spacial score (nSPS) is 12.5. The summed E-state index contributed by atoms with van der Waals surface area (Å²) in [5.41, 5.74) is 0.232. The fourth-order valence-corrected chi connectivity index (χ4v) is 5.95. The van der Waals surface area contributed by atoms with Gasteiger partial charge in [-0.05, 0) is 41.3 Å². The molecule has 0 N–H and O–H groups in total. The molecule has 0 saturated heterocycles. The number of benzene rings is 2. The van der Waals surface area contributed by atoms with Crippen molar-refractivity contribution in [3.8, 4) is 11.5 Å². The fraction of sp³-hybridized carbons (Fsp3) is 0.208. The number of nitrogens with zero attached hydrogens (tertiary/aromatic N) is 3. The van der Waals surface area contributed by atoms with Crippen LogP contribution in [0.4, 0.5) is 5.69 Å². The second kappa shape index (κ2) is 11.3. The first kappa shape index (κ1) is 26.6. The number of carbonyl (C=O) groups is 1. The number of fused-ring (bicyclic) bond motifs is 1. The lowest BCUT2D eigenvalue weighted by Crippen LogP contribution is -2.42. The largest absolute Gasteiger partial charge is 0.454 e. The third-order valence-electron chi connectivity index (χ3n) is 5.49. The van der Waals surface area contributed by atoms with Crippen molar-refractivity contribution in [3.63, 3.8) is 0 Å². The molecule has 2 heterocycles. The summed E-state index contributed by atoms with van der Waals surface area (Å²) in [6, 6.07) is 12.3. The number of amides is 1. The zero-order chi connectivity index (χ0) is 26.6. The van der Waals surface area contributed by atoms with Gasteiger partial charge in [0.15, 0.2) is 11.5 Å². The minimum absolute atomic E-state index is 0.119. The first-order chi connectivity index (χ1) is 17.7. The summed E-state index contributed by atoms with van der Waals surface area (Å²) in [5, 5.41) is 13.0. The lowest BCUT2D eigenvalue weighted by molar-refractivity contribution is -0.384. The van der Waals surface area contributed by atoms with Crippen LogP contribution in [-0.2, 0) is 27.9 Å². The Labute approximate surface area is 222 Å². The Morgan fingerprint density at radius 1 is 1.16 bits per heavy atom. The molecule has 13 heteroatoms. The van der Waals surface area contributed by atoms with Gasteiger partial charge in [0.05, 0.1) is 22.9 Å². The molecular formula is C24H22ClN3O7S2. The highest BCUT2D eigenvalue weighted by molar-refractivity contribution is 7.89. The van der Waals surface area contributed by atoms with E-state index in [1.807, 2.05) is 23.6 Å². The Morgan fingerprint density at radius 3 is 2.65 bits per heavy atom. The first-order valence-electron chi connectivity index (χ1n) is 10.9. The van der Waals surface area contributed by atoms with Gasteiger partial charge in [-0.25, -0.2) is 8.42 Å². The third kappa shape index (κ3) is 6.10.